The molecule has 6 rings (SSSR count). The van der Waals surface area contributed by atoms with Gasteiger partial charge in [0.2, 0.25) is 0 Å². The number of ketones is 2. The molecule has 3 atom stereocenters. The van der Waals surface area contributed by atoms with Gasteiger partial charge < -0.3 is 9.15 Å². The lowest BCUT2D eigenvalue weighted by Gasteiger charge is -2.22. The van der Waals surface area contributed by atoms with Crippen molar-refractivity contribution in [3.8, 4) is 5.75 Å². The molecule has 4 aromatic rings. The van der Waals surface area contributed by atoms with Gasteiger partial charge in [-0.25, -0.2) is 4.79 Å². The zero-order valence-corrected chi connectivity index (χ0v) is 20.0. The Hall–Kier alpha value is -3.84. The monoisotopic (exact) mass is 528 g/mol. The van der Waals surface area contributed by atoms with Gasteiger partial charge in [-0.1, -0.05) is 71.4 Å². The minimum absolute atomic E-state index is 0.280. The summed E-state index contributed by atoms with van der Waals surface area (Å²) in [6.45, 7) is 1.60. The van der Waals surface area contributed by atoms with Crippen LogP contribution in [-0.2, 0) is 4.79 Å². The first kappa shape index (κ1) is 21.7. The van der Waals surface area contributed by atoms with Crippen LogP contribution in [0.1, 0.15) is 39.1 Å². The minimum atomic E-state index is -1.89. The van der Waals surface area contributed by atoms with Gasteiger partial charge in [0.25, 0.3) is 0 Å². The Bertz CT molecular complexity index is 1640. The summed E-state index contributed by atoms with van der Waals surface area (Å²) >= 11 is 3.36. The first-order valence-electron chi connectivity index (χ1n) is 11.0. The maximum Gasteiger partial charge on any atom is 0.347 e. The fraction of sp³-hybridized carbons (Fsp3) is 0.143. The Morgan fingerprint density at radius 2 is 1.57 bits per heavy atom. The molecule has 7 heteroatoms. The van der Waals surface area contributed by atoms with Gasteiger partial charge in [-0.3, -0.25) is 14.4 Å². The number of hydrogen-bond donors (Lipinski definition) is 0. The van der Waals surface area contributed by atoms with Crippen molar-refractivity contribution in [3.05, 3.63) is 110 Å². The molecule has 1 aliphatic carbocycles. The van der Waals surface area contributed by atoms with Crippen LogP contribution in [0.3, 0.4) is 0 Å². The van der Waals surface area contributed by atoms with Crippen molar-refractivity contribution >= 4 is 44.4 Å². The predicted octanol–water partition coefficient (Wildman–Crippen LogP) is 5.33. The molecular formula is C28H17BrO6. The van der Waals surface area contributed by atoms with Crippen molar-refractivity contribution in [1.82, 2.24) is 0 Å². The zero-order valence-electron chi connectivity index (χ0n) is 18.4. The Morgan fingerprint density at radius 3 is 2.34 bits per heavy atom. The average molecular weight is 529 g/mol. The molecule has 0 spiro atoms. The highest BCUT2D eigenvalue weighted by molar-refractivity contribution is 9.10. The van der Waals surface area contributed by atoms with E-state index in [1.807, 2.05) is 0 Å². The van der Waals surface area contributed by atoms with Crippen molar-refractivity contribution in [2.75, 3.05) is 0 Å². The van der Waals surface area contributed by atoms with E-state index in [2.05, 4.69) is 15.9 Å². The van der Waals surface area contributed by atoms with Crippen LogP contribution in [0.4, 0.5) is 0 Å². The lowest BCUT2D eigenvalue weighted by molar-refractivity contribution is -0.140. The number of esters is 1. The Labute approximate surface area is 207 Å². The molecule has 1 aromatic heterocycles. The van der Waals surface area contributed by atoms with Gasteiger partial charge in [0, 0.05) is 26.9 Å². The van der Waals surface area contributed by atoms with Crippen LogP contribution in [0.5, 0.6) is 5.75 Å². The molecule has 1 saturated carbocycles. The summed E-state index contributed by atoms with van der Waals surface area (Å²) in [4.78, 5) is 54.5. The molecule has 0 saturated heterocycles. The van der Waals surface area contributed by atoms with E-state index in [4.69, 9.17) is 9.15 Å². The molecule has 1 aliphatic heterocycles. The number of Topliss-reactive ketones (excluding diaryl/α,β-unsaturated/α-hetero) is 2. The highest BCUT2D eigenvalue weighted by Gasteiger charge is 2.87. The molecule has 0 N–H and O–H groups in total. The second-order valence-corrected chi connectivity index (χ2v) is 9.94. The van der Waals surface area contributed by atoms with E-state index in [1.165, 1.54) is 6.07 Å². The highest BCUT2D eigenvalue weighted by Crippen LogP contribution is 2.79. The molecule has 2 aliphatic rings. The van der Waals surface area contributed by atoms with Gasteiger partial charge in [0.15, 0.2) is 17.0 Å². The van der Waals surface area contributed by atoms with Crippen LogP contribution in [0.25, 0.3) is 11.0 Å². The molecule has 0 radical (unpaired) electrons. The second kappa shape index (κ2) is 7.33. The number of carbonyl (C=O) groups excluding carboxylic acids is 3. The van der Waals surface area contributed by atoms with Gasteiger partial charge in [0.05, 0.1) is 5.41 Å². The van der Waals surface area contributed by atoms with E-state index >= 15 is 0 Å². The molecule has 35 heavy (non-hydrogen) atoms. The molecule has 6 nitrogen and oxygen atoms in total. The third-order valence-electron chi connectivity index (χ3n) is 7.32. The van der Waals surface area contributed by atoms with Gasteiger partial charge >= 0.3 is 11.6 Å². The normalized spacial score (nSPS) is 24.3. The summed E-state index contributed by atoms with van der Waals surface area (Å²) < 4.78 is 11.8. The standard InChI is InChI=1S/C28H17BrO6/c1-27(23(30)15-10-12-17(29)13-11-15)22-18-7-3-5-9-21(18)35-26(33)28(22,27)24(31)19-14-16-6-2-4-8-20(16)34-25(19)32/h2-14,22H,1H3/t22-,27-,28-/m0/s1. The van der Waals surface area contributed by atoms with Gasteiger partial charge in [-0.2, -0.15) is 0 Å². The van der Waals surface area contributed by atoms with Gasteiger partial charge in [-0.15, -0.1) is 0 Å². The first-order chi connectivity index (χ1) is 16.8. The van der Waals surface area contributed by atoms with Crippen molar-refractivity contribution in [2.24, 2.45) is 10.8 Å². The number of hydrogen-bond acceptors (Lipinski definition) is 6. The first-order valence-corrected chi connectivity index (χ1v) is 11.8. The summed E-state index contributed by atoms with van der Waals surface area (Å²) in [6, 6.07) is 21.8. The lowest BCUT2D eigenvalue weighted by Crippen LogP contribution is -2.40. The number of ether oxygens (including phenoxy) is 1. The SMILES string of the molecule is C[C@@]1(C(=O)c2ccc(Br)cc2)[C@@H]2c3ccccc3OC(=O)[C@@]21C(=O)c1cc2ccccc2oc1=O. The van der Waals surface area contributed by atoms with Crippen LogP contribution in [0, 0.1) is 10.8 Å². The summed E-state index contributed by atoms with van der Waals surface area (Å²) in [6.07, 6.45) is 0. The summed E-state index contributed by atoms with van der Waals surface area (Å²) in [5.41, 5.74) is -3.23. The molecule has 1 fully saturated rings. The number of rotatable bonds is 4. The number of benzene rings is 3. The molecular weight excluding hydrogens is 512 g/mol. The molecule has 0 unspecified atom stereocenters. The Morgan fingerprint density at radius 1 is 0.886 bits per heavy atom. The number of halogens is 1. The van der Waals surface area contributed by atoms with Crippen molar-refractivity contribution in [1.29, 1.82) is 0 Å². The quantitative estimate of drug-likeness (QED) is 0.117. The molecule has 3 aromatic carbocycles. The van der Waals surface area contributed by atoms with E-state index < -0.39 is 34.1 Å². The third-order valence-corrected chi connectivity index (χ3v) is 7.85. The van der Waals surface area contributed by atoms with E-state index in [9.17, 15) is 19.2 Å². The Balaban J connectivity index is 1.58. The largest absolute Gasteiger partial charge is 0.425 e. The van der Waals surface area contributed by atoms with Crippen LogP contribution < -0.4 is 10.4 Å². The average Bonchev–Trinajstić information content (AvgIpc) is 3.46. The molecule has 2 heterocycles. The van der Waals surface area contributed by atoms with Crippen LogP contribution in [0.2, 0.25) is 0 Å². The van der Waals surface area contributed by atoms with Crippen molar-refractivity contribution in [2.45, 2.75) is 12.8 Å². The Kier molecular flexibility index (Phi) is 4.54. The fourth-order valence-electron chi connectivity index (χ4n) is 5.59. The van der Waals surface area contributed by atoms with E-state index in [0.29, 0.717) is 27.8 Å². The summed E-state index contributed by atoms with van der Waals surface area (Å²) in [5.74, 6) is -2.46. The maximum absolute atomic E-state index is 14.1. The topological polar surface area (TPSA) is 90.7 Å². The smallest absolute Gasteiger partial charge is 0.347 e. The second-order valence-electron chi connectivity index (χ2n) is 9.02. The van der Waals surface area contributed by atoms with E-state index in [-0.39, 0.29) is 11.3 Å². The molecule has 172 valence electrons. The van der Waals surface area contributed by atoms with E-state index in [0.717, 1.165) is 4.47 Å². The molecule has 0 bridgehead atoms. The highest BCUT2D eigenvalue weighted by atomic mass is 79.9. The number of carbonyl (C=O) groups is 3. The van der Waals surface area contributed by atoms with Crippen LogP contribution >= 0.6 is 15.9 Å². The van der Waals surface area contributed by atoms with Crippen molar-refractivity contribution in [3.63, 3.8) is 0 Å². The van der Waals surface area contributed by atoms with Gasteiger partial charge in [-0.05, 0) is 30.3 Å². The van der Waals surface area contributed by atoms with E-state index in [1.54, 1.807) is 79.7 Å². The maximum atomic E-state index is 14.1. The third kappa shape index (κ3) is 2.76. The molecule has 0 amide bonds. The number of para-hydroxylation sites is 2. The van der Waals surface area contributed by atoms with Crippen LogP contribution in [0.15, 0.2) is 92.5 Å². The minimum Gasteiger partial charge on any atom is -0.425 e. The summed E-state index contributed by atoms with van der Waals surface area (Å²) in [5, 5.41) is 0.537. The lowest BCUT2D eigenvalue weighted by atomic mass is 9.82. The van der Waals surface area contributed by atoms with Crippen LogP contribution in [-0.4, -0.2) is 17.5 Å². The fourth-order valence-corrected chi connectivity index (χ4v) is 5.85. The zero-order chi connectivity index (χ0) is 24.5. The number of fused-ring (bicyclic) bond motifs is 4. The summed E-state index contributed by atoms with van der Waals surface area (Å²) in [7, 11) is 0. The predicted molar refractivity (Wildman–Crippen MR) is 131 cm³/mol. The van der Waals surface area contributed by atoms with Crippen molar-refractivity contribution < 1.29 is 23.5 Å². The van der Waals surface area contributed by atoms with Gasteiger partial charge in [0.1, 0.15) is 16.9 Å².